The van der Waals surface area contributed by atoms with Gasteiger partial charge in [-0.05, 0) is 29.8 Å². The summed E-state index contributed by atoms with van der Waals surface area (Å²) in [6, 6.07) is 17.4. The van der Waals surface area contributed by atoms with Crippen molar-refractivity contribution in [1.82, 2.24) is 0 Å². The molecule has 0 N–H and O–H groups in total. The van der Waals surface area contributed by atoms with Crippen molar-refractivity contribution in [2.45, 2.75) is 6.61 Å². The van der Waals surface area contributed by atoms with Gasteiger partial charge in [-0.1, -0.05) is 40.2 Å². The molecule has 0 spiro atoms. The fraction of sp³-hybridized carbons (Fsp3) is 0.0625. The smallest absolute Gasteiger partial charge is 0.246 e. The Bertz CT molecular complexity index is 802. The summed E-state index contributed by atoms with van der Waals surface area (Å²) in [6.45, 7) is 0.387. The lowest BCUT2D eigenvalue weighted by atomic mass is 10.2. The van der Waals surface area contributed by atoms with Crippen molar-refractivity contribution in [2.24, 2.45) is 0 Å². The Morgan fingerprint density at radius 1 is 1.15 bits per heavy atom. The highest BCUT2D eigenvalue weighted by Gasteiger charge is 2.14. The third-order valence-electron chi connectivity index (χ3n) is 2.92. The number of nitriles is 1. The quantitative estimate of drug-likeness (QED) is 0.703. The van der Waals surface area contributed by atoms with Gasteiger partial charge in [0.2, 0.25) is 5.76 Å². The minimum Gasteiger partial charge on any atom is -0.483 e. The molecule has 3 rings (SSSR count). The zero-order valence-corrected chi connectivity index (χ0v) is 12.1. The minimum absolute atomic E-state index is 0.209. The van der Waals surface area contributed by atoms with Crippen molar-refractivity contribution in [3.05, 3.63) is 64.3 Å². The van der Waals surface area contributed by atoms with Crippen molar-refractivity contribution in [3.63, 3.8) is 0 Å². The number of furan rings is 1. The molecule has 2 aromatic carbocycles. The second-order valence-electron chi connectivity index (χ2n) is 4.29. The molecule has 1 heterocycles. The van der Waals surface area contributed by atoms with E-state index in [2.05, 4.69) is 15.9 Å². The summed E-state index contributed by atoms with van der Waals surface area (Å²) < 4.78 is 12.2. The molecule has 0 atom stereocenters. The Morgan fingerprint density at radius 2 is 2.00 bits per heavy atom. The van der Waals surface area contributed by atoms with Crippen LogP contribution in [0.3, 0.4) is 0 Å². The lowest BCUT2D eigenvalue weighted by molar-refractivity contribution is 0.303. The number of rotatable bonds is 3. The Hall–Kier alpha value is -2.25. The molecule has 0 fully saturated rings. The van der Waals surface area contributed by atoms with Crippen molar-refractivity contribution in [2.75, 3.05) is 0 Å². The summed E-state index contributed by atoms with van der Waals surface area (Å²) >= 11 is 3.42. The average Bonchev–Trinajstić information content (AvgIpc) is 2.83. The maximum absolute atomic E-state index is 9.13. The number of ether oxygens (including phenoxy) is 1. The number of nitrogens with zero attached hydrogens (tertiary/aromatic N) is 1. The Balaban J connectivity index is 1.93. The third kappa shape index (κ3) is 2.40. The number of hydrogen-bond donors (Lipinski definition) is 0. The molecular formula is C16H10BrNO2. The molecule has 3 aromatic rings. The van der Waals surface area contributed by atoms with Gasteiger partial charge < -0.3 is 9.15 Å². The van der Waals surface area contributed by atoms with Crippen LogP contribution < -0.4 is 4.74 Å². The van der Waals surface area contributed by atoms with Crippen LogP contribution in [0.4, 0.5) is 0 Å². The Labute approximate surface area is 124 Å². The normalized spacial score (nSPS) is 10.4. The summed E-state index contributed by atoms with van der Waals surface area (Å²) in [6.07, 6.45) is 0. The monoisotopic (exact) mass is 327 g/mol. The largest absolute Gasteiger partial charge is 0.483 e. The SMILES string of the molecule is N#Cc1oc2ccccc2c1OCc1cccc(Br)c1. The average molecular weight is 328 g/mol. The van der Waals surface area contributed by atoms with E-state index in [9.17, 15) is 0 Å². The van der Waals surface area contributed by atoms with Gasteiger partial charge in [-0.15, -0.1) is 0 Å². The summed E-state index contributed by atoms with van der Waals surface area (Å²) in [7, 11) is 0. The van der Waals surface area contributed by atoms with E-state index in [1.54, 1.807) is 0 Å². The molecule has 0 radical (unpaired) electrons. The van der Waals surface area contributed by atoms with Gasteiger partial charge >= 0.3 is 0 Å². The van der Waals surface area contributed by atoms with Crippen LogP contribution in [0.25, 0.3) is 11.0 Å². The Morgan fingerprint density at radius 3 is 2.80 bits per heavy atom. The number of para-hydroxylation sites is 1. The zero-order valence-electron chi connectivity index (χ0n) is 10.5. The minimum atomic E-state index is 0.209. The van der Waals surface area contributed by atoms with Crippen molar-refractivity contribution in [3.8, 4) is 11.8 Å². The number of halogens is 1. The van der Waals surface area contributed by atoms with E-state index in [1.165, 1.54) is 0 Å². The maximum atomic E-state index is 9.13. The van der Waals surface area contributed by atoms with Crippen LogP contribution in [-0.2, 0) is 6.61 Å². The lowest BCUT2D eigenvalue weighted by Gasteiger charge is -2.05. The molecule has 0 saturated carbocycles. The molecule has 4 heteroatoms. The fourth-order valence-corrected chi connectivity index (χ4v) is 2.47. The molecule has 1 aromatic heterocycles. The van der Waals surface area contributed by atoms with Crippen LogP contribution >= 0.6 is 15.9 Å². The lowest BCUT2D eigenvalue weighted by Crippen LogP contribution is -1.95. The topological polar surface area (TPSA) is 46.2 Å². The predicted molar refractivity (Wildman–Crippen MR) is 79.4 cm³/mol. The number of benzene rings is 2. The molecule has 0 amide bonds. The molecular weight excluding hydrogens is 318 g/mol. The van der Waals surface area contributed by atoms with Crippen LogP contribution in [0.1, 0.15) is 11.3 Å². The van der Waals surface area contributed by atoms with Gasteiger partial charge in [-0.2, -0.15) is 5.26 Å². The Kier molecular flexibility index (Phi) is 3.44. The van der Waals surface area contributed by atoms with Gasteiger partial charge in [-0.25, -0.2) is 0 Å². The zero-order chi connectivity index (χ0) is 13.9. The van der Waals surface area contributed by atoms with E-state index in [4.69, 9.17) is 14.4 Å². The third-order valence-corrected chi connectivity index (χ3v) is 3.42. The van der Waals surface area contributed by atoms with Crippen molar-refractivity contribution in [1.29, 1.82) is 5.26 Å². The van der Waals surface area contributed by atoms with E-state index in [1.807, 2.05) is 54.6 Å². The fourth-order valence-electron chi connectivity index (χ4n) is 2.02. The molecule has 0 bridgehead atoms. The highest BCUT2D eigenvalue weighted by Crippen LogP contribution is 2.33. The second-order valence-corrected chi connectivity index (χ2v) is 5.20. The van der Waals surface area contributed by atoms with Crippen molar-refractivity contribution < 1.29 is 9.15 Å². The van der Waals surface area contributed by atoms with Gasteiger partial charge in [0.25, 0.3) is 0 Å². The first-order valence-electron chi connectivity index (χ1n) is 6.07. The summed E-state index contributed by atoms with van der Waals surface area (Å²) in [5.74, 6) is 0.712. The molecule has 0 unspecified atom stereocenters. The molecule has 0 aliphatic carbocycles. The van der Waals surface area contributed by atoms with E-state index in [0.29, 0.717) is 17.9 Å². The van der Waals surface area contributed by atoms with E-state index >= 15 is 0 Å². The van der Waals surface area contributed by atoms with Gasteiger partial charge in [0, 0.05) is 4.47 Å². The first kappa shape index (κ1) is 12.8. The summed E-state index contributed by atoms with van der Waals surface area (Å²) in [5.41, 5.74) is 1.68. The van der Waals surface area contributed by atoms with E-state index in [-0.39, 0.29) is 5.76 Å². The van der Waals surface area contributed by atoms with Gasteiger partial charge in [0.15, 0.2) is 5.75 Å². The molecule has 98 valence electrons. The summed E-state index contributed by atoms with van der Waals surface area (Å²) in [5, 5.41) is 9.95. The molecule has 0 aliphatic rings. The molecule has 0 aliphatic heterocycles. The first-order valence-corrected chi connectivity index (χ1v) is 6.86. The van der Waals surface area contributed by atoms with Gasteiger partial charge in [0.1, 0.15) is 18.3 Å². The van der Waals surface area contributed by atoms with E-state index < -0.39 is 0 Å². The highest BCUT2D eigenvalue weighted by molar-refractivity contribution is 9.10. The maximum Gasteiger partial charge on any atom is 0.246 e. The van der Waals surface area contributed by atoms with Crippen LogP contribution in [0.5, 0.6) is 5.75 Å². The molecule has 0 saturated heterocycles. The summed E-state index contributed by atoms with van der Waals surface area (Å²) in [4.78, 5) is 0. The van der Waals surface area contributed by atoms with Crippen LogP contribution in [0.15, 0.2) is 57.4 Å². The van der Waals surface area contributed by atoms with Crippen LogP contribution in [0.2, 0.25) is 0 Å². The molecule has 3 nitrogen and oxygen atoms in total. The first-order chi connectivity index (χ1) is 9.78. The number of fused-ring (bicyclic) bond motifs is 1. The van der Waals surface area contributed by atoms with Crippen molar-refractivity contribution >= 4 is 26.9 Å². The van der Waals surface area contributed by atoms with Gasteiger partial charge in [0.05, 0.1) is 5.39 Å². The number of hydrogen-bond acceptors (Lipinski definition) is 3. The standard InChI is InChI=1S/C16H10BrNO2/c17-12-5-3-4-11(8-12)10-19-16-13-6-1-2-7-14(13)20-15(16)9-18/h1-8H,10H2. The predicted octanol–water partition coefficient (Wildman–Crippen LogP) is 4.65. The molecule has 20 heavy (non-hydrogen) atoms. The van der Waals surface area contributed by atoms with Gasteiger partial charge in [-0.3, -0.25) is 0 Å². The van der Waals surface area contributed by atoms with Crippen LogP contribution in [0, 0.1) is 11.3 Å². The second kappa shape index (κ2) is 5.40. The van der Waals surface area contributed by atoms with E-state index in [0.717, 1.165) is 15.4 Å². The highest BCUT2D eigenvalue weighted by atomic mass is 79.9. The van der Waals surface area contributed by atoms with Crippen LogP contribution in [-0.4, -0.2) is 0 Å².